The van der Waals surface area contributed by atoms with E-state index < -0.39 is 0 Å². The van der Waals surface area contributed by atoms with Crippen molar-refractivity contribution in [1.29, 1.82) is 0 Å². The lowest BCUT2D eigenvalue weighted by Crippen LogP contribution is -2.18. The Morgan fingerprint density at radius 1 is 1.11 bits per heavy atom. The van der Waals surface area contributed by atoms with E-state index in [4.69, 9.17) is 4.74 Å². The summed E-state index contributed by atoms with van der Waals surface area (Å²) >= 11 is 0. The molecule has 0 atom stereocenters. The largest absolute Gasteiger partial charge is 0.493 e. The van der Waals surface area contributed by atoms with E-state index in [0.717, 1.165) is 37.0 Å². The van der Waals surface area contributed by atoms with Gasteiger partial charge in [0, 0.05) is 6.08 Å². The molecular weight excluding hydrogens is 232 g/mol. The fourth-order valence-corrected chi connectivity index (χ4v) is 3.21. The Bertz CT molecular complexity index is 295. The van der Waals surface area contributed by atoms with Crippen molar-refractivity contribution in [3.05, 3.63) is 24.0 Å². The predicted molar refractivity (Wildman–Crippen MR) is 80.7 cm³/mol. The molecule has 1 radical (unpaired) electrons. The minimum Gasteiger partial charge on any atom is -0.493 e. The summed E-state index contributed by atoms with van der Waals surface area (Å²) in [7, 11) is 0. The average Bonchev–Trinajstić information content (AvgIpc) is 2.48. The molecule has 0 amide bonds. The third kappa shape index (κ3) is 5.42. The van der Waals surface area contributed by atoms with Gasteiger partial charge in [0.25, 0.3) is 0 Å². The van der Waals surface area contributed by atoms with Gasteiger partial charge in [0.1, 0.15) is 5.76 Å². The molecule has 0 saturated heterocycles. The van der Waals surface area contributed by atoms with Gasteiger partial charge in [0.05, 0.1) is 6.61 Å². The van der Waals surface area contributed by atoms with Crippen LogP contribution in [-0.4, -0.2) is 6.61 Å². The first-order valence-corrected chi connectivity index (χ1v) is 8.29. The zero-order chi connectivity index (χ0) is 13.3. The summed E-state index contributed by atoms with van der Waals surface area (Å²) in [6.45, 7) is 3.20. The molecule has 1 fully saturated rings. The van der Waals surface area contributed by atoms with Crippen LogP contribution in [0.5, 0.6) is 0 Å². The molecule has 1 heteroatoms. The molecule has 0 N–H and O–H groups in total. The second kappa shape index (κ2) is 8.45. The predicted octanol–water partition coefficient (Wildman–Crippen LogP) is 5.43. The average molecular weight is 261 g/mol. The molecular formula is C18H29O. The van der Waals surface area contributed by atoms with Crippen molar-refractivity contribution in [2.24, 2.45) is 11.8 Å². The van der Waals surface area contributed by atoms with E-state index >= 15 is 0 Å². The summed E-state index contributed by atoms with van der Waals surface area (Å²) in [5.41, 5.74) is 0. The van der Waals surface area contributed by atoms with Crippen molar-refractivity contribution in [2.45, 2.75) is 71.1 Å². The van der Waals surface area contributed by atoms with Crippen LogP contribution in [0, 0.1) is 17.9 Å². The van der Waals surface area contributed by atoms with E-state index in [1.807, 2.05) is 0 Å². The lowest BCUT2D eigenvalue weighted by atomic mass is 9.80. The maximum atomic E-state index is 5.87. The topological polar surface area (TPSA) is 9.23 Å². The molecule has 2 aliphatic rings. The smallest absolute Gasteiger partial charge is 0.122 e. The van der Waals surface area contributed by atoms with Gasteiger partial charge in [0.15, 0.2) is 0 Å². The molecule has 1 saturated carbocycles. The fourth-order valence-electron chi connectivity index (χ4n) is 3.21. The highest BCUT2D eigenvalue weighted by Gasteiger charge is 2.21. The van der Waals surface area contributed by atoms with Crippen molar-refractivity contribution in [2.75, 3.05) is 6.61 Å². The van der Waals surface area contributed by atoms with Crippen LogP contribution < -0.4 is 0 Å². The molecule has 0 aromatic heterocycles. The Hall–Kier alpha value is -0.720. The van der Waals surface area contributed by atoms with Crippen LogP contribution in [0.4, 0.5) is 0 Å². The number of unbranched alkanes of at least 4 members (excludes halogenated alkanes) is 2. The van der Waals surface area contributed by atoms with Crippen molar-refractivity contribution in [1.82, 2.24) is 0 Å². The lowest BCUT2D eigenvalue weighted by molar-refractivity contribution is 0.130. The second-order valence-electron chi connectivity index (χ2n) is 6.19. The monoisotopic (exact) mass is 261 g/mol. The van der Waals surface area contributed by atoms with Gasteiger partial charge in [-0.3, -0.25) is 0 Å². The molecule has 0 unspecified atom stereocenters. The fraction of sp³-hybridized carbons (Fsp3) is 0.778. The van der Waals surface area contributed by atoms with Crippen molar-refractivity contribution >= 4 is 0 Å². The maximum absolute atomic E-state index is 5.87. The van der Waals surface area contributed by atoms with E-state index in [1.54, 1.807) is 0 Å². The quantitative estimate of drug-likeness (QED) is 0.555. The highest BCUT2D eigenvalue weighted by Crippen LogP contribution is 2.32. The summed E-state index contributed by atoms with van der Waals surface area (Å²) in [5.74, 6) is 2.77. The molecule has 1 nitrogen and oxygen atoms in total. The minimum atomic E-state index is 0.784. The van der Waals surface area contributed by atoms with Crippen molar-refractivity contribution in [3.8, 4) is 0 Å². The van der Waals surface area contributed by atoms with Crippen LogP contribution in [0.15, 0.2) is 17.9 Å². The van der Waals surface area contributed by atoms with E-state index in [-0.39, 0.29) is 0 Å². The van der Waals surface area contributed by atoms with Gasteiger partial charge in [-0.25, -0.2) is 0 Å². The van der Waals surface area contributed by atoms with Gasteiger partial charge in [-0.1, -0.05) is 51.5 Å². The van der Waals surface area contributed by atoms with Gasteiger partial charge < -0.3 is 4.74 Å². The van der Waals surface area contributed by atoms with E-state index in [2.05, 4.69) is 25.2 Å². The van der Waals surface area contributed by atoms with Crippen LogP contribution in [0.2, 0.25) is 0 Å². The van der Waals surface area contributed by atoms with Crippen molar-refractivity contribution < 1.29 is 4.74 Å². The zero-order valence-corrected chi connectivity index (χ0v) is 12.5. The Morgan fingerprint density at radius 3 is 2.58 bits per heavy atom. The van der Waals surface area contributed by atoms with Gasteiger partial charge >= 0.3 is 0 Å². The Kier molecular flexibility index (Phi) is 6.53. The number of rotatable bonds is 7. The molecule has 0 aromatic carbocycles. The summed E-state index contributed by atoms with van der Waals surface area (Å²) in [4.78, 5) is 0. The van der Waals surface area contributed by atoms with Crippen LogP contribution in [0.3, 0.4) is 0 Å². The Labute approximate surface area is 119 Å². The highest BCUT2D eigenvalue weighted by atomic mass is 16.5. The van der Waals surface area contributed by atoms with E-state index in [1.165, 1.54) is 51.4 Å². The van der Waals surface area contributed by atoms with Crippen LogP contribution in [0.1, 0.15) is 71.1 Å². The normalized spacial score (nSPS) is 27.1. The summed E-state index contributed by atoms with van der Waals surface area (Å²) < 4.78 is 5.87. The van der Waals surface area contributed by atoms with Gasteiger partial charge in [-0.15, -0.1) is 0 Å². The number of hydrogen-bond donors (Lipinski definition) is 0. The number of allylic oxidation sites excluding steroid dienone is 3. The van der Waals surface area contributed by atoms with Crippen molar-refractivity contribution in [3.63, 3.8) is 0 Å². The molecule has 19 heavy (non-hydrogen) atoms. The summed E-state index contributed by atoms with van der Waals surface area (Å²) in [5, 5.41) is 0. The molecule has 2 aliphatic carbocycles. The van der Waals surface area contributed by atoms with Gasteiger partial charge in [0.2, 0.25) is 0 Å². The SMILES string of the molecule is CCCCC[C@H]1CC[C@H](COC2=CCCC=[C]2)CC1. The minimum absolute atomic E-state index is 0.784. The summed E-state index contributed by atoms with van der Waals surface area (Å²) in [6, 6.07) is 0. The molecule has 2 rings (SSSR count). The lowest BCUT2D eigenvalue weighted by Gasteiger charge is -2.28. The number of ether oxygens (including phenoxy) is 1. The third-order valence-corrected chi connectivity index (χ3v) is 4.54. The van der Waals surface area contributed by atoms with Crippen LogP contribution >= 0.6 is 0 Å². The zero-order valence-electron chi connectivity index (χ0n) is 12.5. The first-order chi connectivity index (χ1) is 9.38. The van der Waals surface area contributed by atoms with Crippen LogP contribution in [0.25, 0.3) is 0 Å². The molecule has 0 aromatic rings. The first kappa shape index (κ1) is 14.7. The molecule has 0 bridgehead atoms. The molecule has 0 spiro atoms. The van der Waals surface area contributed by atoms with Gasteiger partial charge in [-0.05, 0) is 43.6 Å². The molecule has 0 heterocycles. The van der Waals surface area contributed by atoms with Gasteiger partial charge in [-0.2, -0.15) is 0 Å². The first-order valence-electron chi connectivity index (χ1n) is 8.29. The van der Waals surface area contributed by atoms with E-state index in [0.29, 0.717) is 0 Å². The highest BCUT2D eigenvalue weighted by molar-refractivity contribution is 5.09. The Morgan fingerprint density at radius 2 is 1.89 bits per heavy atom. The maximum Gasteiger partial charge on any atom is 0.122 e. The second-order valence-corrected chi connectivity index (χ2v) is 6.19. The Balaban J connectivity index is 1.58. The van der Waals surface area contributed by atoms with E-state index in [9.17, 15) is 0 Å². The van der Waals surface area contributed by atoms with Crippen LogP contribution in [-0.2, 0) is 4.74 Å². The molecule has 107 valence electrons. The molecule has 0 aliphatic heterocycles. The standard InChI is InChI=1S/C18H29O/c1-2-3-5-8-16-11-13-17(14-12-16)15-19-18-9-6-4-7-10-18/h6,10,16-17H,2-5,7-8,11-15H2,1H3/t16-,17-. The number of hydrogen-bond acceptors (Lipinski definition) is 1. The third-order valence-electron chi connectivity index (χ3n) is 4.54. The summed E-state index contributed by atoms with van der Waals surface area (Å²) in [6.07, 6.45) is 21.0.